The number of aliphatic imine (C=N–C) groups is 1. The van der Waals surface area contributed by atoms with Gasteiger partial charge in [-0.15, -0.1) is 0 Å². The number of hydrogen-bond acceptors (Lipinski definition) is 1. The minimum atomic E-state index is 0.568. The summed E-state index contributed by atoms with van der Waals surface area (Å²) in [4.78, 5) is 4.83. The van der Waals surface area contributed by atoms with E-state index in [0.29, 0.717) is 6.54 Å². The topological polar surface area (TPSA) is 12.4 Å². The Labute approximate surface area is 135 Å². The lowest BCUT2D eigenvalue weighted by molar-refractivity contribution is 1.07. The molecule has 0 aliphatic carbocycles. The summed E-state index contributed by atoms with van der Waals surface area (Å²) >= 11 is 6.23. The van der Waals surface area contributed by atoms with Crippen LogP contribution in [0.5, 0.6) is 0 Å². The van der Waals surface area contributed by atoms with Crippen LogP contribution < -0.4 is 0 Å². The zero-order valence-corrected chi connectivity index (χ0v) is 12.9. The smallest absolute Gasteiger partial charge is 0.0723 e. The molecule has 0 spiro atoms. The fourth-order valence-corrected chi connectivity index (χ4v) is 2.53. The molecular formula is C20H16ClN. The number of benzene rings is 3. The second-order valence-electron chi connectivity index (χ2n) is 4.99. The zero-order valence-electron chi connectivity index (χ0n) is 12.1. The second-order valence-corrected chi connectivity index (χ2v) is 5.40. The average molecular weight is 306 g/mol. The van der Waals surface area contributed by atoms with Crippen LogP contribution in [-0.2, 0) is 6.54 Å². The first-order valence-corrected chi connectivity index (χ1v) is 7.61. The molecule has 0 amide bonds. The summed E-state index contributed by atoms with van der Waals surface area (Å²) in [6.45, 7) is 0.568. The largest absolute Gasteiger partial charge is 0.279 e. The van der Waals surface area contributed by atoms with Gasteiger partial charge in [-0.25, -0.2) is 0 Å². The van der Waals surface area contributed by atoms with E-state index in [2.05, 4.69) is 24.3 Å². The molecule has 0 bridgehead atoms. The highest BCUT2D eigenvalue weighted by Crippen LogP contribution is 2.18. The standard InChI is InChI=1S/C20H16ClN/c21-19-14-8-7-13-18(19)15-22-20(16-9-3-1-4-10-16)17-11-5-2-6-12-17/h1-14H,15H2. The molecule has 0 aliphatic heterocycles. The lowest BCUT2D eigenvalue weighted by Crippen LogP contribution is -2.04. The van der Waals surface area contributed by atoms with Gasteiger partial charge >= 0.3 is 0 Å². The van der Waals surface area contributed by atoms with Gasteiger partial charge in [0, 0.05) is 16.1 Å². The molecule has 3 aromatic rings. The third-order valence-electron chi connectivity index (χ3n) is 3.46. The van der Waals surface area contributed by atoms with E-state index in [-0.39, 0.29) is 0 Å². The van der Waals surface area contributed by atoms with E-state index in [0.717, 1.165) is 27.4 Å². The molecule has 108 valence electrons. The Balaban J connectivity index is 1.99. The molecule has 2 heteroatoms. The molecule has 0 aliphatic rings. The Morgan fingerprint density at radius 3 is 1.73 bits per heavy atom. The Bertz CT molecular complexity index is 722. The molecule has 0 unspecified atom stereocenters. The summed E-state index contributed by atoms with van der Waals surface area (Å²) in [6, 6.07) is 28.3. The van der Waals surface area contributed by atoms with E-state index in [1.165, 1.54) is 0 Å². The SMILES string of the molecule is Clc1ccccc1CN=C(c1ccccc1)c1ccccc1. The van der Waals surface area contributed by atoms with Crippen molar-refractivity contribution in [3.8, 4) is 0 Å². The molecular weight excluding hydrogens is 290 g/mol. The lowest BCUT2D eigenvalue weighted by atomic mass is 10.0. The van der Waals surface area contributed by atoms with Crippen molar-refractivity contribution in [1.82, 2.24) is 0 Å². The molecule has 0 saturated heterocycles. The summed E-state index contributed by atoms with van der Waals surface area (Å²) in [5, 5.41) is 0.756. The summed E-state index contributed by atoms with van der Waals surface area (Å²) in [5.74, 6) is 0. The number of halogens is 1. The van der Waals surface area contributed by atoms with Crippen LogP contribution in [0.2, 0.25) is 5.02 Å². The Morgan fingerprint density at radius 2 is 1.18 bits per heavy atom. The average Bonchev–Trinajstić information content (AvgIpc) is 2.59. The number of rotatable bonds is 4. The van der Waals surface area contributed by atoms with Gasteiger partial charge in [-0.1, -0.05) is 90.5 Å². The maximum Gasteiger partial charge on any atom is 0.0723 e. The lowest BCUT2D eigenvalue weighted by Gasteiger charge is -2.08. The third kappa shape index (κ3) is 3.44. The fraction of sp³-hybridized carbons (Fsp3) is 0.0500. The van der Waals surface area contributed by atoms with Crippen molar-refractivity contribution < 1.29 is 0 Å². The first kappa shape index (κ1) is 14.6. The maximum atomic E-state index is 6.23. The van der Waals surface area contributed by atoms with Crippen LogP contribution in [0.25, 0.3) is 0 Å². The van der Waals surface area contributed by atoms with Gasteiger partial charge in [0.2, 0.25) is 0 Å². The van der Waals surface area contributed by atoms with Crippen LogP contribution in [0.4, 0.5) is 0 Å². The van der Waals surface area contributed by atoms with Crippen LogP contribution in [0.1, 0.15) is 16.7 Å². The second kappa shape index (κ2) is 7.06. The third-order valence-corrected chi connectivity index (χ3v) is 3.83. The van der Waals surface area contributed by atoms with Gasteiger partial charge in [-0.05, 0) is 11.6 Å². The van der Waals surface area contributed by atoms with Crippen LogP contribution in [0, 0.1) is 0 Å². The van der Waals surface area contributed by atoms with Crippen LogP contribution in [-0.4, -0.2) is 5.71 Å². The molecule has 0 heterocycles. The van der Waals surface area contributed by atoms with E-state index in [1.54, 1.807) is 0 Å². The van der Waals surface area contributed by atoms with Gasteiger partial charge in [0.05, 0.1) is 12.3 Å². The van der Waals surface area contributed by atoms with Gasteiger partial charge in [0.25, 0.3) is 0 Å². The maximum absolute atomic E-state index is 6.23. The van der Waals surface area contributed by atoms with E-state index in [4.69, 9.17) is 16.6 Å². The van der Waals surface area contributed by atoms with Gasteiger partial charge < -0.3 is 0 Å². The highest BCUT2D eigenvalue weighted by molar-refractivity contribution is 6.31. The first-order chi connectivity index (χ1) is 10.8. The molecule has 1 nitrogen and oxygen atoms in total. The molecule has 22 heavy (non-hydrogen) atoms. The monoisotopic (exact) mass is 305 g/mol. The first-order valence-electron chi connectivity index (χ1n) is 7.23. The van der Waals surface area contributed by atoms with Gasteiger partial charge in [-0.3, -0.25) is 4.99 Å². The Kier molecular flexibility index (Phi) is 4.67. The van der Waals surface area contributed by atoms with Gasteiger partial charge in [0.15, 0.2) is 0 Å². The predicted octanol–water partition coefficient (Wildman–Crippen LogP) is 5.38. The molecule has 3 rings (SSSR count). The molecule has 0 fully saturated rings. The molecule has 0 atom stereocenters. The summed E-state index contributed by atoms with van der Waals surface area (Å²) in [5.41, 5.74) is 4.25. The highest BCUT2D eigenvalue weighted by Gasteiger charge is 2.06. The van der Waals surface area contributed by atoms with Crippen LogP contribution in [0.3, 0.4) is 0 Å². The predicted molar refractivity (Wildman–Crippen MR) is 93.7 cm³/mol. The molecule has 0 radical (unpaired) electrons. The van der Waals surface area contributed by atoms with Crippen molar-refractivity contribution in [1.29, 1.82) is 0 Å². The van der Waals surface area contributed by atoms with Crippen LogP contribution in [0.15, 0.2) is 89.9 Å². The van der Waals surface area contributed by atoms with Gasteiger partial charge in [0.1, 0.15) is 0 Å². The molecule has 0 aromatic heterocycles. The Hall–Kier alpha value is -2.38. The van der Waals surface area contributed by atoms with E-state index < -0.39 is 0 Å². The summed E-state index contributed by atoms with van der Waals surface area (Å²) in [6.07, 6.45) is 0. The summed E-state index contributed by atoms with van der Waals surface area (Å²) < 4.78 is 0. The van der Waals surface area contributed by atoms with Crippen molar-refractivity contribution >= 4 is 17.3 Å². The quantitative estimate of drug-likeness (QED) is 0.574. The number of hydrogen-bond donors (Lipinski definition) is 0. The fourth-order valence-electron chi connectivity index (χ4n) is 2.33. The molecule has 0 saturated carbocycles. The minimum absolute atomic E-state index is 0.568. The van der Waals surface area contributed by atoms with E-state index in [1.807, 2.05) is 60.7 Å². The van der Waals surface area contributed by atoms with Gasteiger partial charge in [-0.2, -0.15) is 0 Å². The summed E-state index contributed by atoms with van der Waals surface area (Å²) in [7, 11) is 0. The molecule has 0 N–H and O–H groups in total. The van der Waals surface area contributed by atoms with Crippen molar-refractivity contribution in [2.24, 2.45) is 4.99 Å². The van der Waals surface area contributed by atoms with Crippen LogP contribution >= 0.6 is 11.6 Å². The van der Waals surface area contributed by atoms with Crippen molar-refractivity contribution in [2.45, 2.75) is 6.54 Å². The van der Waals surface area contributed by atoms with E-state index >= 15 is 0 Å². The molecule has 3 aromatic carbocycles. The minimum Gasteiger partial charge on any atom is -0.279 e. The van der Waals surface area contributed by atoms with Crippen molar-refractivity contribution in [2.75, 3.05) is 0 Å². The van der Waals surface area contributed by atoms with E-state index in [9.17, 15) is 0 Å². The Morgan fingerprint density at radius 1 is 0.682 bits per heavy atom. The zero-order chi connectivity index (χ0) is 15.2. The normalized spacial score (nSPS) is 10.2. The number of nitrogens with zero attached hydrogens (tertiary/aromatic N) is 1. The van der Waals surface area contributed by atoms with Crippen molar-refractivity contribution in [3.63, 3.8) is 0 Å². The van der Waals surface area contributed by atoms with Crippen molar-refractivity contribution in [3.05, 3.63) is 107 Å². The highest BCUT2D eigenvalue weighted by atomic mass is 35.5.